The molecule has 27 heavy (non-hydrogen) atoms. The SMILES string of the molecule is O=C(c1nn(-c2ccc(F)cc2)c2c1CCC2)N1CCN(CC2CC2)CC1. The predicted molar refractivity (Wildman–Crippen MR) is 101 cm³/mol. The monoisotopic (exact) mass is 368 g/mol. The summed E-state index contributed by atoms with van der Waals surface area (Å²) in [6, 6.07) is 6.34. The predicted octanol–water partition coefficient (Wildman–Crippen LogP) is 2.67. The van der Waals surface area contributed by atoms with Gasteiger partial charge in [0.2, 0.25) is 0 Å². The summed E-state index contributed by atoms with van der Waals surface area (Å²) in [4.78, 5) is 17.6. The van der Waals surface area contributed by atoms with Gasteiger partial charge in [-0.25, -0.2) is 9.07 Å². The van der Waals surface area contributed by atoms with E-state index in [1.165, 1.54) is 31.5 Å². The van der Waals surface area contributed by atoms with Crippen LogP contribution in [0.5, 0.6) is 0 Å². The van der Waals surface area contributed by atoms with Crippen molar-refractivity contribution < 1.29 is 9.18 Å². The number of piperazine rings is 1. The number of nitrogens with zero attached hydrogens (tertiary/aromatic N) is 4. The molecule has 0 radical (unpaired) electrons. The van der Waals surface area contributed by atoms with Crippen molar-refractivity contribution in [2.24, 2.45) is 5.92 Å². The molecule has 2 heterocycles. The number of carbonyl (C=O) groups is 1. The van der Waals surface area contributed by atoms with Gasteiger partial charge >= 0.3 is 0 Å². The van der Waals surface area contributed by atoms with Gasteiger partial charge in [0.05, 0.1) is 5.69 Å². The lowest BCUT2D eigenvalue weighted by Gasteiger charge is -2.34. The van der Waals surface area contributed by atoms with Gasteiger partial charge in [-0.2, -0.15) is 5.10 Å². The Hall–Kier alpha value is -2.21. The molecule has 0 bridgehead atoms. The topological polar surface area (TPSA) is 41.4 Å². The van der Waals surface area contributed by atoms with Gasteiger partial charge in [0.25, 0.3) is 5.91 Å². The molecule has 2 fully saturated rings. The number of fused-ring (bicyclic) bond motifs is 1. The normalized spacial score (nSPS) is 20.1. The second-order valence-electron chi connectivity index (χ2n) is 8.05. The minimum Gasteiger partial charge on any atom is -0.335 e. The van der Waals surface area contributed by atoms with Gasteiger partial charge in [-0.3, -0.25) is 9.69 Å². The largest absolute Gasteiger partial charge is 0.335 e. The van der Waals surface area contributed by atoms with E-state index < -0.39 is 0 Å². The van der Waals surface area contributed by atoms with Crippen LogP contribution in [0.25, 0.3) is 5.69 Å². The molecule has 142 valence electrons. The van der Waals surface area contributed by atoms with Gasteiger partial charge in [0.15, 0.2) is 5.69 Å². The molecule has 0 spiro atoms. The minimum atomic E-state index is -0.261. The smallest absolute Gasteiger partial charge is 0.274 e. The first-order chi connectivity index (χ1) is 13.2. The lowest BCUT2D eigenvalue weighted by atomic mass is 10.1. The molecule has 6 heteroatoms. The molecule has 2 aliphatic carbocycles. The van der Waals surface area contributed by atoms with E-state index in [1.807, 2.05) is 9.58 Å². The van der Waals surface area contributed by atoms with E-state index in [9.17, 15) is 9.18 Å². The molecule has 3 aliphatic rings. The summed E-state index contributed by atoms with van der Waals surface area (Å²) in [6.07, 6.45) is 5.60. The average molecular weight is 368 g/mol. The van der Waals surface area contributed by atoms with Crippen LogP contribution in [-0.4, -0.2) is 58.2 Å². The molecular weight excluding hydrogens is 343 g/mol. The highest BCUT2D eigenvalue weighted by molar-refractivity contribution is 5.94. The van der Waals surface area contributed by atoms with Gasteiger partial charge < -0.3 is 4.90 Å². The van der Waals surface area contributed by atoms with Crippen LogP contribution in [0.2, 0.25) is 0 Å². The highest BCUT2D eigenvalue weighted by atomic mass is 19.1. The van der Waals surface area contributed by atoms with E-state index in [0.717, 1.165) is 68.3 Å². The molecule has 1 aliphatic heterocycles. The van der Waals surface area contributed by atoms with Crippen molar-refractivity contribution in [3.05, 3.63) is 47.0 Å². The zero-order valence-electron chi connectivity index (χ0n) is 15.5. The van der Waals surface area contributed by atoms with Gasteiger partial charge in [0, 0.05) is 44.0 Å². The second kappa shape index (κ2) is 6.75. The molecule has 0 atom stereocenters. The molecule has 1 aromatic carbocycles. The summed E-state index contributed by atoms with van der Waals surface area (Å²) in [5.74, 6) is 0.685. The lowest BCUT2D eigenvalue weighted by Crippen LogP contribution is -2.49. The summed E-state index contributed by atoms with van der Waals surface area (Å²) in [5.41, 5.74) is 3.62. The van der Waals surface area contributed by atoms with Crippen LogP contribution in [-0.2, 0) is 12.8 Å². The molecule has 1 aromatic heterocycles. The van der Waals surface area contributed by atoms with Crippen LogP contribution in [0.4, 0.5) is 4.39 Å². The molecule has 5 nitrogen and oxygen atoms in total. The molecule has 0 N–H and O–H groups in total. The Balaban J connectivity index is 1.36. The summed E-state index contributed by atoms with van der Waals surface area (Å²) in [6.45, 7) is 4.68. The summed E-state index contributed by atoms with van der Waals surface area (Å²) in [5, 5.41) is 4.67. The van der Waals surface area contributed by atoms with E-state index in [4.69, 9.17) is 0 Å². The van der Waals surface area contributed by atoms with Crippen molar-refractivity contribution in [2.75, 3.05) is 32.7 Å². The number of amides is 1. The summed E-state index contributed by atoms with van der Waals surface area (Å²) in [7, 11) is 0. The maximum Gasteiger partial charge on any atom is 0.274 e. The summed E-state index contributed by atoms with van der Waals surface area (Å²) >= 11 is 0. The van der Waals surface area contributed by atoms with Crippen molar-refractivity contribution >= 4 is 5.91 Å². The van der Waals surface area contributed by atoms with Crippen molar-refractivity contribution in [2.45, 2.75) is 32.1 Å². The maximum atomic E-state index is 13.3. The van der Waals surface area contributed by atoms with Crippen LogP contribution in [0.1, 0.15) is 41.0 Å². The highest BCUT2D eigenvalue weighted by Gasteiger charge is 2.32. The highest BCUT2D eigenvalue weighted by Crippen LogP contribution is 2.31. The first-order valence-electron chi connectivity index (χ1n) is 10.1. The van der Waals surface area contributed by atoms with Crippen molar-refractivity contribution in [3.8, 4) is 5.69 Å². The Morgan fingerprint density at radius 1 is 1.07 bits per heavy atom. The molecule has 5 rings (SSSR count). The third-order valence-electron chi connectivity index (χ3n) is 6.08. The minimum absolute atomic E-state index is 0.0556. The van der Waals surface area contributed by atoms with Crippen LogP contribution in [0.15, 0.2) is 24.3 Å². The number of halogens is 1. The van der Waals surface area contributed by atoms with Crippen molar-refractivity contribution in [1.29, 1.82) is 0 Å². The van der Waals surface area contributed by atoms with Crippen LogP contribution < -0.4 is 0 Å². The Morgan fingerprint density at radius 2 is 1.81 bits per heavy atom. The van der Waals surface area contributed by atoms with E-state index in [2.05, 4.69) is 10.00 Å². The van der Waals surface area contributed by atoms with E-state index >= 15 is 0 Å². The fourth-order valence-electron chi connectivity index (χ4n) is 4.35. The second-order valence-corrected chi connectivity index (χ2v) is 8.05. The number of benzene rings is 1. The Bertz CT molecular complexity index is 848. The molecular formula is C21H25FN4O. The number of hydrogen-bond donors (Lipinski definition) is 0. The zero-order valence-corrected chi connectivity index (χ0v) is 15.5. The maximum absolute atomic E-state index is 13.3. The Morgan fingerprint density at radius 3 is 2.52 bits per heavy atom. The fourth-order valence-corrected chi connectivity index (χ4v) is 4.35. The van der Waals surface area contributed by atoms with Crippen LogP contribution in [0, 0.1) is 11.7 Å². The molecule has 2 aromatic rings. The lowest BCUT2D eigenvalue weighted by molar-refractivity contribution is 0.0624. The molecule has 1 saturated heterocycles. The van der Waals surface area contributed by atoms with Gasteiger partial charge in [-0.05, 0) is 62.3 Å². The van der Waals surface area contributed by atoms with Crippen molar-refractivity contribution in [3.63, 3.8) is 0 Å². The third kappa shape index (κ3) is 3.27. The van der Waals surface area contributed by atoms with E-state index in [1.54, 1.807) is 12.1 Å². The third-order valence-corrected chi connectivity index (χ3v) is 6.08. The van der Waals surface area contributed by atoms with Crippen LogP contribution in [0.3, 0.4) is 0 Å². The first kappa shape index (κ1) is 16.9. The van der Waals surface area contributed by atoms with Crippen LogP contribution >= 0.6 is 0 Å². The fraction of sp³-hybridized carbons (Fsp3) is 0.524. The van der Waals surface area contributed by atoms with Gasteiger partial charge in [0.1, 0.15) is 5.82 Å². The molecule has 1 amide bonds. The number of carbonyl (C=O) groups excluding carboxylic acids is 1. The van der Waals surface area contributed by atoms with E-state index in [-0.39, 0.29) is 11.7 Å². The van der Waals surface area contributed by atoms with E-state index in [0.29, 0.717) is 5.69 Å². The number of rotatable bonds is 4. The van der Waals surface area contributed by atoms with Crippen molar-refractivity contribution in [1.82, 2.24) is 19.6 Å². The Labute approximate surface area is 158 Å². The average Bonchev–Trinajstić information content (AvgIpc) is 3.24. The van der Waals surface area contributed by atoms with Gasteiger partial charge in [-0.1, -0.05) is 0 Å². The number of aromatic nitrogens is 2. The first-order valence-corrected chi connectivity index (χ1v) is 10.1. The number of hydrogen-bond acceptors (Lipinski definition) is 3. The molecule has 1 saturated carbocycles. The standard InChI is InChI=1S/C21H25FN4O/c22-16-6-8-17(9-7-16)26-19-3-1-2-18(19)20(23-26)21(27)25-12-10-24(11-13-25)14-15-4-5-15/h6-9,15H,1-5,10-14H2. The zero-order chi connectivity index (χ0) is 18.4. The quantitative estimate of drug-likeness (QED) is 0.833. The van der Waals surface area contributed by atoms with Gasteiger partial charge in [-0.15, -0.1) is 0 Å². The Kier molecular flexibility index (Phi) is 4.23. The summed E-state index contributed by atoms with van der Waals surface area (Å²) < 4.78 is 15.1. The molecule has 0 unspecified atom stereocenters.